The third kappa shape index (κ3) is 5.31. The molecule has 0 saturated heterocycles. The minimum Gasteiger partial charge on any atom is -0.422 e. The van der Waals surface area contributed by atoms with Crippen molar-refractivity contribution in [1.29, 1.82) is 0 Å². The number of rotatable bonds is 5. The van der Waals surface area contributed by atoms with E-state index in [1.807, 2.05) is 61.5 Å². The zero-order valence-electron chi connectivity index (χ0n) is 17.0. The van der Waals surface area contributed by atoms with Crippen LogP contribution in [-0.2, 0) is 0 Å². The third-order valence-electron chi connectivity index (χ3n) is 4.44. The van der Waals surface area contributed by atoms with Crippen molar-refractivity contribution in [2.75, 3.05) is 5.32 Å². The summed E-state index contributed by atoms with van der Waals surface area (Å²) in [5, 5.41) is 8.83. The van der Waals surface area contributed by atoms with Gasteiger partial charge in [0.25, 0.3) is 0 Å². The van der Waals surface area contributed by atoms with E-state index in [4.69, 9.17) is 28.6 Å². The second-order valence-corrected chi connectivity index (χ2v) is 8.74. The third-order valence-corrected chi connectivity index (χ3v) is 6.29. The maximum Gasteiger partial charge on any atom is 0.355 e. The highest BCUT2D eigenvalue weighted by atomic mass is 35.5. The lowest BCUT2D eigenvalue weighted by atomic mass is 10.2. The zero-order chi connectivity index (χ0) is 22.5. The van der Waals surface area contributed by atoms with E-state index >= 15 is 0 Å². The molecule has 160 valence electrons. The number of carbonyl (C=O) groups is 1. The number of hydrazone groups is 1. The smallest absolute Gasteiger partial charge is 0.355 e. The van der Waals surface area contributed by atoms with Gasteiger partial charge >= 0.3 is 5.97 Å². The first-order chi connectivity index (χ1) is 15.5. The Bertz CT molecular complexity index is 1330. The SMILES string of the molecule is Cc1cccc(NC(=S)N/N=C\c2cccc(OC(=O)c3sc4ccccc4c3Cl)c2)c1. The first-order valence-electron chi connectivity index (χ1n) is 9.65. The predicted molar refractivity (Wildman–Crippen MR) is 136 cm³/mol. The number of hydrogen-bond donors (Lipinski definition) is 2. The summed E-state index contributed by atoms with van der Waals surface area (Å²) in [5.74, 6) is -0.0973. The molecule has 2 N–H and O–H groups in total. The normalized spacial score (nSPS) is 10.9. The number of esters is 1. The molecule has 0 saturated carbocycles. The molecule has 1 aromatic heterocycles. The van der Waals surface area contributed by atoms with Gasteiger partial charge in [0.05, 0.1) is 11.2 Å². The first kappa shape index (κ1) is 22.0. The van der Waals surface area contributed by atoms with Crippen LogP contribution in [0.5, 0.6) is 5.75 Å². The second kappa shape index (κ2) is 9.91. The van der Waals surface area contributed by atoms with Crippen molar-refractivity contribution in [2.45, 2.75) is 6.92 Å². The Balaban J connectivity index is 1.39. The van der Waals surface area contributed by atoms with Crippen molar-refractivity contribution in [3.05, 3.63) is 93.8 Å². The van der Waals surface area contributed by atoms with Crippen LogP contribution in [0, 0.1) is 6.92 Å². The summed E-state index contributed by atoms with van der Waals surface area (Å²) >= 11 is 12.9. The van der Waals surface area contributed by atoms with Crippen molar-refractivity contribution in [2.24, 2.45) is 5.10 Å². The van der Waals surface area contributed by atoms with Crippen LogP contribution < -0.4 is 15.5 Å². The van der Waals surface area contributed by atoms with Crippen LogP contribution in [0.4, 0.5) is 5.69 Å². The number of anilines is 1. The van der Waals surface area contributed by atoms with Gasteiger partial charge in [0.15, 0.2) is 5.11 Å². The van der Waals surface area contributed by atoms with Gasteiger partial charge in [0.2, 0.25) is 0 Å². The maximum absolute atomic E-state index is 12.6. The molecule has 8 heteroatoms. The van der Waals surface area contributed by atoms with Gasteiger partial charge in [-0.25, -0.2) is 4.79 Å². The van der Waals surface area contributed by atoms with Gasteiger partial charge in [0.1, 0.15) is 10.6 Å². The van der Waals surface area contributed by atoms with Gasteiger partial charge in [-0.15, -0.1) is 11.3 Å². The number of nitrogens with one attached hydrogen (secondary N) is 2. The van der Waals surface area contributed by atoms with Crippen molar-refractivity contribution in [3.63, 3.8) is 0 Å². The van der Waals surface area contributed by atoms with Crippen LogP contribution in [-0.4, -0.2) is 17.3 Å². The highest BCUT2D eigenvalue weighted by molar-refractivity contribution is 7.80. The van der Waals surface area contributed by atoms with E-state index in [0.717, 1.165) is 26.9 Å². The Hall–Kier alpha value is -3.26. The van der Waals surface area contributed by atoms with Gasteiger partial charge in [-0.3, -0.25) is 5.43 Å². The zero-order valence-corrected chi connectivity index (χ0v) is 19.4. The van der Waals surface area contributed by atoms with Crippen LogP contribution in [0.2, 0.25) is 5.02 Å². The summed E-state index contributed by atoms with van der Waals surface area (Å²) < 4.78 is 6.47. The van der Waals surface area contributed by atoms with Crippen molar-refractivity contribution in [1.82, 2.24) is 5.43 Å². The molecule has 0 atom stereocenters. The van der Waals surface area contributed by atoms with Crippen LogP contribution in [0.25, 0.3) is 10.1 Å². The lowest BCUT2D eigenvalue weighted by Gasteiger charge is -2.07. The molecule has 3 aromatic carbocycles. The Morgan fingerprint density at radius 1 is 1.09 bits per heavy atom. The highest BCUT2D eigenvalue weighted by Gasteiger charge is 2.19. The molecule has 4 rings (SSSR count). The molecular weight excluding hydrogens is 462 g/mol. The molecular formula is C24H18ClN3O2S2. The quantitative estimate of drug-likeness (QED) is 0.114. The summed E-state index contributed by atoms with van der Waals surface area (Å²) in [4.78, 5) is 13.0. The van der Waals surface area contributed by atoms with E-state index in [2.05, 4.69) is 15.8 Å². The van der Waals surface area contributed by atoms with Crippen LogP contribution in [0.3, 0.4) is 0 Å². The number of benzene rings is 3. The maximum atomic E-state index is 12.6. The number of fused-ring (bicyclic) bond motifs is 1. The molecule has 1 heterocycles. The van der Waals surface area contributed by atoms with Crippen LogP contribution >= 0.6 is 35.2 Å². The lowest BCUT2D eigenvalue weighted by Crippen LogP contribution is -2.23. The Labute approximate surface area is 199 Å². The summed E-state index contributed by atoms with van der Waals surface area (Å²) in [6, 6.07) is 22.5. The number of carbonyl (C=O) groups excluding carboxylic acids is 1. The fourth-order valence-electron chi connectivity index (χ4n) is 3.00. The fraction of sp³-hybridized carbons (Fsp3) is 0.0417. The van der Waals surface area contributed by atoms with Gasteiger partial charge < -0.3 is 10.1 Å². The lowest BCUT2D eigenvalue weighted by molar-refractivity contribution is 0.0740. The molecule has 4 aromatic rings. The monoisotopic (exact) mass is 479 g/mol. The molecule has 5 nitrogen and oxygen atoms in total. The first-order valence-corrected chi connectivity index (χ1v) is 11.3. The molecule has 0 fully saturated rings. The van der Waals surface area contributed by atoms with E-state index in [1.54, 1.807) is 24.4 Å². The molecule has 0 unspecified atom stereocenters. The molecule has 32 heavy (non-hydrogen) atoms. The molecule has 0 aliphatic heterocycles. The minimum atomic E-state index is -0.494. The van der Waals surface area contributed by atoms with Crippen molar-refractivity contribution in [3.8, 4) is 5.75 Å². The average Bonchev–Trinajstić information content (AvgIpc) is 3.11. The second-order valence-electron chi connectivity index (χ2n) is 6.90. The van der Waals surface area contributed by atoms with Gasteiger partial charge in [-0.1, -0.05) is 54.1 Å². The number of ether oxygens (including phenoxy) is 1. The number of thiocarbonyl (C=S) groups is 1. The predicted octanol–water partition coefficient (Wildman–Crippen LogP) is 6.40. The van der Waals surface area contributed by atoms with Crippen LogP contribution in [0.1, 0.15) is 20.8 Å². The van der Waals surface area contributed by atoms with Crippen LogP contribution in [0.15, 0.2) is 77.9 Å². The number of halogens is 1. The van der Waals surface area contributed by atoms with E-state index in [-0.39, 0.29) is 0 Å². The molecule has 0 bridgehead atoms. The largest absolute Gasteiger partial charge is 0.422 e. The van der Waals surface area contributed by atoms with Crippen molar-refractivity contribution >= 4 is 68.2 Å². The molecule has 0 aliphatic carbocycles. The Kier molecular flexibility index (Phi) is 6.80. The van der Waals surface area contributed by atoms with E-state index in [1.165, 1.54) is 11.3 Å². The Morgan fingerprint density at radius 3 is 2.72 bits per heavy atom. The number of thiophene rings is 1. The summed E-state index contributed by atoms with van der Waals surface area (Å²) in [5.41, 5.74) is 5.52. The van der Waals surface area contributed by atoms with Gasteiger partial charge in [-0.05, 0) is 60.6 Å². The van der Waals surface area contributed by atoms with Crippen molar-refractivity contribution < 1.29 is 9.53 Å². The Morgan fingerprint density at radius 2 is 1.91 bits per heavy atom. The molecule has 0 aliphatic rings. The number of hydrogen-bond acceptors (Lipinski definition) is 5. The summed E-state index contributed by atoms with van der Waals surface area (Å²) in [6.07, 6.45) is 1.59. The minimum absolute atomic E-state index is 0.369. The standard InChI is InChI=1S/C24H18ClN3O2S2/c1-15-6-4-8-17(12-15)27-24(31)28-26-14-16-7-5-9-18(13-16)30-23(29)22-21(25)19-10-2-3-11-20(19)32-22/h2-14H,1H3,(H2,27,28,31)/b26-14-. The van der Waals surface area contributed by atoms with Gasteiger partial charge in [0, 0.05) is 15.8 Å². The fourth-order valence-corrected chi connectivity index (χ4v) is 4.56. The van der Waals surface area contributed by atoms with Gasteiger partial charge in [-0.2, -0.15) is 5.10 Å². The molecule has 0 spiro atoms. The molecule has 0 radical (unpaired) electrons. The average molecular weight is 480 g/mol. The summed E-state index contributed by atoms with van der Waals surface area (Å²) in [6.45, 7) is 2.01. The van der Waals surface area contributed by atoms with E-state index < -0.39 is 5.97 Å². The topological polar surface area (TPSA) is 62.7 Å². The highest BCUT2D eigenvalue weighted by Crippen LogP contribution is 2.35. The van der Waals surface area contributed by atoms with E-state index in [0.29, 0.717) is 20.8 Å². The van der Waals surface area contributed by atoms with E-state index in [9.17, 15) is 4.79 Å². The number of aryl methyl sites for hydroxylation is 1. The summed E-state index contributed by atoms with van der Waals surface area (Å²) in [7, 11) is 0. The number of nitrogens with zero attached hydrogens (tertiary/aromatic N) is 1. The molecule has 0 amide bonds.